The average Bonchev–Trinajstić information content (AvgIpc) is 2.78. The van der Waals surface area contributed by atoms with E-state index in [1.54, 1.807) is 48.5 Å². The van der Waals surface area contributed by atoms with Gasteiger partial charge in [-0.1, -0.05) is 24.3 Å². The van der Waals surface area contributed by atoms with E-state index in [4.69, 9.17) is 4.74 Å². The number of esters is 1. The van der Waals surface area contributed by atoms with Crippen molar-refractivity contribution in [2.45, 2.75) is 13.1 Å². The van der Waals surface area contributed by atoms with Crippen LogP contribution in [0.1, 0.15) is 18.1 Å². The Hall–Kier alpha value is -4.27. The topological polar surface area (TPSA) is 73.5 Å². The molecular weight excluding hydrogens is 435 g/mol. The molecule has 0 aliphatic rings. The molecule has 0 aliphatic heterocycles. The molecule has 166 valence electrons. The van der Waals surface area contributed by atoms with Gasteiger partial charge >= 0.3 is 12.1 Å². The number of alkyl halides is 3. The van der Waals surface area contributed by atoms with Crippen LogP contribution in [0.2, 0.25) is 0 Å². The zero-order valence-corrected chi connectivity index (χ0v) is 17.2. The first kappa shape index (κ1) is 21.9. The molecule has 0 atom stereocenters. The minimum absolute atomic E-state index is 0.0300. The number of hydrogen-bond acceptors (Lipinski definition) is 5. The van der Waals surface area contributed by atoms with E-state index >= 15 is 0 Å². The molecule has 6 nitrogen and oxygen atoms in total. The first-order valence-electron chi connectivity index (χ1n) is 9.74. The Kier molecular flexibility index (Phi) is 5.78. The SMILES string of the molecule is CC(=O)Oc1ccc(C=Nn2c(-c3cccc(C(F)(F)F)c3)nc3ccccc3c2=O)cc1. The fourth-order valence-electron chi connectivity index (χ4n) is 3.16. The molecular formula is C24H16F3N3O3. The van der Waals surface area contributed by atoms with Crippen molar-refractivity contribution >= 4 is 23.1 Å². The van der Waals surface area contributed by atoms with Gasteiger partial charge in [0.2, 0.25) is 0 Å². The van der Waals surface area contributed by atoms with Gasteiger partial charge in [-0.25, -0.2) is 4.98 Å². The number of halogens is 3. The van der Waals surface area contributed by atoms with Gasteiger partial charge in [0.25, 0.3) is 5.56 Å². The molecule has 33 heavy (non-hydrogen) atoms. The second-order valence-electron chi connectivity index (χ2n) is 7.06. The monoisotopic (exact) mass is 451 g/mol. The summed E-state index contributed by atoms with van der Waals surface area (Å²) in [7, 11) is 0. The molecule has 1 aromatic heterocycles. The van der Waals surface area contributed by atoms with Crippen molar-refractivity contribution in [1.29, 1.82) is 0 Å². The predicted octanol–water partition coefficient (Wildman–Crippen LogP) is 4.89. The molecule has 0 aliphatic carbocycles. The fraction of sp³-hybridized carbons (Fsp3) is 0.0833. The quantitative estimate of drug-likeness (QED) is 0.252. The molecule has 9 heteroatoms. The number of carbonyl (C=O) groups is 1. The van der Waals surface area contributed by atoms with Gasteiger partial charge in [0.1, 0.15) is 5.75 Å². The van der Waals surface area contributed by atoms with Crippen LogP contribution in [0.5, 0.6) is 5.75 Å². The predicted molar refractivity (Wildman–Crippen MR) is 117 cm³/mol. The molecule has 4 aromatic rings. The summed E-state index contributed by atoms with van der Waals surface area (Å²) in [4.78, 5) is 28.6. The van der Waals surface area contributed by atoms with Gasteiger partial charge in [-0.15, -0.1) is 0 Å². The fourth-order valence-corrected chi connectivity index (χ4v) is 3.16. The van der Waals surface area contributed by atoms with Crippen molar-refractivity contribution in [2.75, 3.05) is 0 Å². The second kappa shape index (κ2) is 8.70. The van der Waals surface area contributed by atoms with Gasteiger partial charge in [-0.05, 0) is 54.1 Å². The van der Waals surface area contributed by atoms with Gasteiger partial charge in [0.15, 0.2) is 5.82 Å². The smallest absolute Gasteiger partial charge is 0.416 e. The summed E-state index contributed by atoms with van der Waals surface area (Å²) in [6, 6.07) is 17.4. The highest BCUT2D eigenvalue weighted by Crippen LogP contribution is 2.31. The van der Waals surface area contributed by atoms with Crippen LogP contribution in [-0.4, -0.2) is 21.8 Å². The van der Waals surface area contributed by atoms with Crippen LogP contribution in [0.3, 0.4) is 0 Å². The molecule has 0 radical (unpaired) electrons. The maximum Gasteiger partial charge on any atom is 0.416 e. The normalized spacial score (nSPS) is 11.8. The molecule has 0 saturated carbocycles. The zero-order chi connectivity index (χ0) is 23.6. The van der Waals surface area contributed by atoms with Gasteiger partial charge in [-0.3, -0.25) is 9.59 Å². The average molecular weight is 451 g/mol. The molecule has 0 N–H and O–H groups in total. The van der Waals surface area contributed by atoms with E-state index in [1.807, 2.05) is 0 Å². The number of hydrogen-bond donors (Lipinski definition) is 0. The third kappa shape index (κ3) is 4.82. The van der Waals surface area contributed by atoms with Gasteiger partial charge < -0.3 is 4.74 Å². The molecule has 0 amide bonds. The van der Waals surface area contributed by atoms with Gasteiger partial charge in [0, 0.05) is 12.5 Å². The largest absolute Gasteiger partial charge is 0.427 e. The Morgan fingerprint density at radius 2 is 1.76 bits per heavy atom. The van der Waals surface area contributed by atoms with E-state index in [9.17, 15) is 22.8 Å². The third-order valence-electron chi connectivity index (χ3n) is 4.67. The van der Waals surface area contributed by atoms with Gasteiger partial charge in [-0.2, -0.15) is 22.9 Å². The Balaban J connectivity index is 1.83. The Morgan fingerprint density at radius 3 is 2.45 bits per heavy atom. The Morgan fingerprint density at radius 1 is 1.03 bits per heavy atom. The number of fused-ring (bicyclic) bond motifs is 1. The first-order chi connectivity index (χ1) is 15.7. The summed E-state index contributed by atoms with van der Waals surface area (Å²) in [5, 5.41) is 4.49. The summed E-state index contributed by atoms with van der Waals surface area (Å²) in [6.45, 7) is 1.28. The first-order valence-corrected chi connectivity index (χ1v) is 9.74. The lowest BCUT2D eigenvalue weighted by Gasteiger charge is -2.12. The van der Waals surface area contributed by atoms with Crippen LogP contribution in [0.25, 0.3) is 22.3 Å². The lowest BCUT2D eigenvalue weighted by molar-refractivity contribution is -0.137. The highest BCUT2D eigenvalue weighted by molar-refractivity contribution is 5.82. The van der Waals surface area contributed by atoms with Crippen LogP contribution in [0.15, 0.2) is 82.7 Å². The van der Waals surface area contributed by atoms with Crippen molar-refractivity contribution in [3.63, 3.8) is 0 Å². The number of aromatic nitrogens is 2. The van der Waals surface area contributed by atoms with Crippen LogP contribution in [-0.2, 0) is 11.0 Å². The molecule has 0 spiro atoms. The molecule has 0 saturated heterocycles. The maximum atomic E-state index is 13.2. The van der Waals surface area contributed by atoms with E-state index < -0.39 is 23.3 Å². The summed E-state index contributed by atoms with van der Waals surface area (Å²) in [5.41, 5.74) is -0.386. The lowest BCUT2D eigenvalue weighted by atomic mass is 10.1. The van der Waals surface area contributed by atoms with Crippen molar-refractivity contribution in [2.24, 2.45) is 5.10 Å². The Labute approximate surface area is 185 Å². The van der Waals surface area contributed by atoms with E-state index in [1.165, 1.54) is 25.3 Å². The van der Waals surface area contributed by atoms with Crippen molar-refractivity contribution in [1.82, 2.24) is 9.66 Å². The summed E-state index contributed by atoms with van der Waals surface area (Å²) in [6.07, 6.45) is -3.18. The minimum Gasteiger partial charge on any atom is -0.427 e. The number of benzene rings is 3. The van der Waals surface area contributed by atoms with Crippen LogP contribution >= 0.6 is 0 Å². The second-order valence-corrected chi connectivity index (χ2v) is 7.06. The summed E-state index contributed by atoms with van der Waals surface area (Å²) < 4.78 is 45.7. The number of ether oxygens (including phenoxy) is 1. The highest BCUT2D eigenvalue weighted by atomic mass is 19.4. The van der Waals surface area contributed by atoms with Crippen LogP contribution in [0.4, 0.5) is 13.2 Å². The molecule has 0 bridgehead atoms. The van der Waals surface area contributed by atoms with E-state index in [2.05, 4.69) is 10.1 Å². The van der Waals surface area contributed by atoms with Crippen molar-refractivity contribution in [3.8, 4) is 17.1 Å². The number of carbonyl (C=O) groups excluding carboxylic acids is 1. The van der Waals surface area contributed by atoms with Gasteiger partial charge in [0.05, 0.1) is 22.7 Å². The minimum atomic E-state index is -4.55. The number of rotatable bonds is 4. The van der Waals surface area contributed by atoms with Crippen LogP contribution in [0, 0.1) is 0 Å². The summed E-state index contributed by atoms with van der Waals surface area (Å²) >= 11 is 0. The molecule has 4 rings (SSSR count). The highest BCUT2D eigenvalue weighted by Gasteiger charge is 2.30. The standard InChI is InChI=1S/C24H16F3N3O3/c1-15(31)33-19-11-9-16(10-12-19)14-28-30-22(17-5-4-6-18(13-17)24(25,26)27)29-21-8-3-2-7-20(21)23(30)32/h2-14H,1H3. The summed E-state index contributed by atoms with van der Waals surface area (Å²) in [5.74, 6) is -0.151. The van der Waals surface area contributed by atoms with Crippen LogP contribution < -0.4 is 10.3 Å². The maximum absolute atomic E-state index is 13.2. The molecule has 0 fully saturated rings. The lowest BCUT2D eigenvalue weighted by Crippen LogP contribution is -2.20. The van der Waals surface area contributed by atoms with E-state index in [0.29, 0.717) is 16.8 Å². The Bertz CT molecular complexity index is 1430. The van der Waals surface area contributed by atoms with E-state index in [0.717, 1.165) is 16.8 Å². The molecule has 3 aromatic carbocycles. The zero-order valence-electron chi connectivity index (χ0n) is 17.2. The third-order valence-corrected chi connectivity index (χ3v) is 4.67. The molecule has 0 unspecified atom stereocenters. The number of para-hydroxylation sites is 1. The van der Waals surface area contributed by atoms with Crippen molar-refractivity contribution < 1.29 is 22.7 Å². The molecule has 1 heterocycles. The number of nitrogens with zero attached hydrogens (tertiary/aromatic N) is 3. The van der Waals surface area contributed by atoms with Crippen molar-refractivity contribution in [3.05, 3.63) is 94.3 Å². The van der Waals surface area contributed by atoms with E-state index in [-0.39, 0.29) is 16.8 Å².